The summed E-state index contributed by atoms with van der Waals surface area (Å²) in [4.78, 5) is 22.8. The molecular weight excluding hydrogens is 409 g/mol. The number of rotatable bonds is 6. The van der Waals surface area contributed by atoms with Gasteiger partial charge in [-0.15, -0.1) is 0 Å². The maximum atomic E-state index is 12.5. The zero-order valence-electron chi connectivity index (χ0n) is 14.7. The summed E-state index contributed by atoms with van der Waals surface area (Å²) >= 11 is 12.1. The summed E-state index contributed by atoms with van der Waals surface area (Å²) in [7, 11) is 2.75. The zero-order valence-corrected chi connectivity index (χ0v) is 16.2. The molecule has 0 fully saturated rings. The normalized spacial score (nSPS) is 10.8. The predicted octanol–water partition coefficient (Wildman–Crippen LogP) is 4.46. The number of hydrogen-bond donors (Lipinski definition) is 1. The van der Waals surface area contributed by atoms with Gasteiger partial charge in [-0.1, -0.05) is 23.2 Å². The van der Waals surface area contributed by atoms with E-state index in [4.69, 9.17) is 32.7 Å². The van der Waals surface area contributed by atoms with Crippen molar-refractivity contribution in [2.75, 3.05) is 19.5 Å². The Kier molecular flexibility index (Phi) is 6.82. The number of nitrogens with one attached hydrogen (secondary N) is 1. The van der Waals surface area contributed by atoms with Crippen LogP contribution in [0.4, 0.5) is 11.4 Å². The number of nitro groups is 1. The summed E-state index contributed by atoms with van der Waals surface area (Å²) < 4.78 is 10.1. The molecule has 0 aliphatic heterocycles. The van der Waals surface area contributed by atoms with Crippen LogP contribution >= 0.6 is 23.2 Å². The summed E-state index contributed by atoms with van der Waals surface area (Å²) in [6.07, 6.45) is 1.27. The molecule has 1 amide bonds. The molecule has 0 aromatic heterocycles. The highest BCUT2D eigenvalue weighted by Crippen LogP contribution is 2.34. The second-order valence-electron chi connectivity index (χ2n) is 5.28. The first kappa shape index (κ1) is 21.0. The zero-order chi connectivity index (χ0) is 20.8. The van der Waals surface area contributed by atoms with Crippen LogP contribution in [0.3, 0.4) is 0 Å². The third kappa shape index (κ3) is 4.71. The SMILES string of the molecule is COc1ccc([N+](=O)[O-])cc1NC(=O)/C(C#N)=C/c1cc(Cl)c(OC)c(Cl)c1. The average Bonchev–Trinajstić information content (AvgIpc) is 2.65. The van der Waals surface area contributed by atoms with E-state index in [1.165, 1.54) is 44.6 Å². The molecule has 2 aromatic rings. The van der Waals surface area contributed by atoms with Crippen molar-refractivity contribution in [3.8, 4) is 17.6 Å². The molecule has 144 valence electrons. The molecule has 0 spiro atoms. The number of hydrogen-bond acceptors (Lipinski definition) is 6. The minimum atomic E-state index is -0.788. The van der Waals surface area contributed by atoms with Crippen molar-refractivity contribution >= 4 is 46.6 Å². The number of nitriles is 1. The highest BCUT2D eigenvalue weighted by Gasteiger charge is 2.17. The number of nitrogens with zero attached hydrogens (tertiary/aromatic N) is 2. The molecule has 0 heterocycles. The van der Waals surface area contributed by atoms with E-state index < -0.39 is 10.8 Å². The number of halogens is 2. The molecule has 8 nitrogen and oxygen atoms in total. The van der Waals surface area contributed by atoms with E-state index in [0.29, 0.717) is 5.56 Å². The maximum Gasteiger partial charge on any atom is 0.271 e. The van der Waals surface area contributed by atoms with Gasteiger partial charge in [0.15, 0.2) is 5.75 Å². The van der Waals surface area contributed by atoms with Crippen LogP contribution in [0.5, 0.6) is 11.5 Å². The first-order chi connectivity index (χ1) is 13.3. The number of amides is 1. The van der Waals surface area contributed by atoms with E-state index in [9.17, 15) is 20.2 Å². The minimum absolute atomic E-state index is 0.0497. The Morgan fingerprint density at radius 3 is 2.36 bits per heavy atom. The minimum Gasteiger partial charge on any atom is -0.495 e. The smallest absolute Gasteiger partial charge is 0.271 e. The lowest BCUT2D eigenvalue weighted by molar-refractivity contribution is -0.384. The molecular formula is C18H13Cl2N3O5. The molecule has 0 atom stereocenters. The Hall–Kier alpha value is -3.28. The molecule has 2 aromatic carbocycles. The van der Waals surface area contributed by atoms with Crippen molar-refractivity contribution in [1.82, 2.24) is 0 Å². The van der Waals surface area contributed by atoms with E-state index in [-0.39, 0.29) is 38.5 Å². The second-order valence-corrected chi connectivity index (χ2v) is 6.10. The first-order valence-corrected chi connectivity index (χ1v) is 8.35. The fourth-order valence-corrected chi connectivity index (χ4v) is 2.93. The Morgan fingerprint density at radius 1 is 1.21 bits per heavy atom. The van der Waals surface area contributed by atoms with Gasteiger partial charge in [0.1, 0.15) is 17.4 Å². The summed E-state index contributed by atoms with van der Waals surface area (Å²) in [6, 6.07) is 8.43. The summed E-state index contributed by atoms with van der Waals surface area (Å²) in [5.41, 5.74) is -0.0692. The highest BCUT2D eigenvalue weighted by atomic mass is 35.5. The number of methoxy groups -OCH3 is 2. The van der Waals surface area contributed by atoms with Gasteiger partial charge in [0.05, 0.1) is 34.9 Å². The third-order valence-corrected chi connectivity index (χ3v) is 4.10. The number of carbonyl (C=O) groups excluding carboxylic acids is 1. The quantitative estimate of drug-likeness (QED) is 0.318. The Morgan fingerprint density at radius 2 is 1.86 bits per heavy atom. The van der Waals surface area contributed by atoms with E-state index in [1.807, 2.05) is 0 Å². The molecule has 28 heavy (non-hydrogen) atoms. The Balaban J connectivity index is 2.37. The van der Waals surface area contributed by atoms with Gasteiger partial charge in [0.25, 0.3) is 11.6 Å². The lowest BCUT2D eigenvalue weighted by atomic mass is 10.1. The lowest BCUT2D eigenvalue weighted by Gasteiger charge is -2.10. The summed E-state index contributed by atoms with van der Waals surface area (Å²) in [6.45, 7) is 0. The van der Waals surface area contributed by atoms with Crippen LogP contribution in [0.1, 0.15) is 5.56 Å². The van der Waals surface area contributed by atoms with Crippen LogP contribution in [0.2, 0.25) is 10.0 Å². The van der Waals surface area contributed by atoms with Crippen molar-refractivity contribution < 1.29 is 19.2 Å². The van der Waals surface area contributed by atoms with Crippen LogP contribution in [-0.2, 0) is 4.79 Å². The van der Waals surface area contributed by atoms with Gasteiger partial charge in [-0.2, -0.15) is 5.26 Å². The van der Waals surface area contributed by atoms with Crippen molar-refractivity contribution in [3.63, 3.8) is 0 Å². The van der Waals surface area contributed by atoms with Crippen molar-refractivity contribution in [2.24, 2.45) is 0 Å². The van der Waals surface area contributed by atoms with E-state index >= 15 is 0 Å². The van der Waals surface area contributed by atoms with Gasteiger partial charge in [-0.05, 0) is 29.8 Å². The van der Waals surface area contributed by atoms with E-state index in [2.05, 4.69) is 5.32 Å². The number of anilines is 1. The Bertz CT molecular complexity index is 992. The molecule has 0 bridgehead atoms. The van der Waals surface area contributed by atoms with Crippen molar-refractivity contribution in [1.29, 1.82) is 5.26 Å². The van der Waals surface area contributed by atoms with Crippen molar-refractivity contribution in [2.45, 2.75) is 0 Å². The topological polar surface area (TPSA) is 114 Å². The number of ether oxygens (including phenoxy) is 2. The van der Waals surface area contributed by atoms with Crippen molar-refractivity contribution in [3.05, 3.63) is 61.6 Å². The standard InChI is InChI=1S/C18H13Cl2N3O5/c1-27-16-4-3-12(23(25)26)8-15(16)22-18(24)11(9-21)5-10-6-13(19)17(28-2)14(20)7-10/h3-8H,1-2H3,(H,22,24)/b11-5+. The van der Waals surface area contributed by atoms with E-state index in [1.54, 1.807) is 6.07 Å². The molecule has 0 saturated heterocycles. The van der Waals surface area contributed by atoms with Gasteiger partial charge in [-0.3, -0.25) is 14.9 Å². The van der Waals surface area contributed by atoms with Gasteiger partial charge in [-0.25, -0.2) is 0 Å². The summed E-state index contributed by atoms with van der Waals surface area (Å²) in [5.74, 6) is -0.319. The van der Waals surface area contributed by atoms with E-state index in [0.717, 1.165) is 6.07 Å². The summed E-state index contributed by atoms with van der Waals surface area (Å²) in [5, 5.41) is 23.1. The lowest BCUT2D eigenvalue weighted by Crippen LogP contribution is -2.14. The monoisotopic (exact) mass is 421 g/mol. The molecule has 0 saturated carbocycles. The molecule has 0 aliphatic rings. The van der Waals surface area contributed by atoms with Crippen LogP contribution in [0.15, 0.2) is 35.9 Å². The number of benzene rings is 2. The number of nitro benzene ring substituents is 1. The average molecular weight is 422 g/mol. The number of non-ortho nitro benzene ring substituents is 1. The molecule has 10 heteroatoms. The van der Waals surface area contributed by atoms with Crippen LogP contribution < -0.4 is 14.8 Å². The maximum absolute atomic E-state index is 12.5. The largest absolute Gasteiger partial charge is 0.495 e. The predicted molar refractivity (Wildman–Crippen MR) is 105 cm³/mol. The van der Waals surface area contributed by atoms with Gasteiger partial charge >= 0.3 is 0 Å². The highest BCUT2D eigenvalue weighted by molar-refractivity contribution is 6.37. The molecule has 2 rings (SSSR count). The fraction of sp³-hybridized carbons (Fsp3) is 0.111. The van der Waals surface area contributed by atoms with Gasteiger partial charge < -0.3 is 14.8 Å². The van der Waals surface area contributed by atoms with Gasteiger partial charge in [0, 0.05) is 12.1 Å². The van der Waals surface area contributed by atoms with Crippen LogP contribution in [0.25, 0.3) is 6.08 Å². The fourth-order valence-electron chi connectivity index (χ4n) is 2.27. The molecule has 0 radical (unpaired) electrons. The molecule has 0 unspecified atom stereocenters. The number of carbonyl (C=O) groups is 1. The Labute approximate surface area is 170 Å². The molecule has 0 aliphatic carbocycles. The third-order valence-electron chi connectivity index (χ3n) is 3.54. The van der Waals surface area contributed by atoms with Crippen LogP contribution in [-0.4, -0.2) is 25.1 Å². The van der Waals surface area contributed by atoms with Gasteiger partial charge in [0.2, 0.25) is 0 Å². The second kappa shape index (κ2) is 9.08. The van der Waals surface area contributed by atoms with Crippen LogP contribution in [0, 0.1) is 21.4 Å². The molecule has 1 N–H and O–H groups in total. The first-order valence-electron chi connectivity index (χ1n) is 7.59.